The van der Waals surface area contributed by atoms with Gasteiger partial charge in [-0.25, -0.2) is 13.6 Å². The van der Waals surface area contributed by atoms with Crippen molar-refractivity contribution in [2.75, 3.05) is 24.7 Å². The molecule has 1 heterocycles. The van der Waals surface area contributed by atoms with Crippen molar-refractivity contribution in [1.29, 1.82) is 0 Å². The van der Waals surface area contributed by atoms with Gasteiger partial charge in [0.05, 0.1) is 0 Å². The van der Waals surface area contributed by atoms with Crippen molar-refractivity contribution in [2.45, 2.75) is 30.3 Å². The minimum atomic E-state index is -0.823. The topological polar surface area (TPSA) is 44.4 Å². The third-order valence-corrected chi connectivity index (χ3v) is 5.37. The molecular formula is C20H23F2N3OS. The van der Waals surface area contributed by atoms with Crippen LogP contribution in [0.25, 0.3) is 0 Å². The molecule has 0 aliphatic carbocycles. The third-order valence-electron chi connectivity index (χ3n) is 4.64. The van der Waals surface area contributed by atoms with Crippen LogP contribution in [-0.4, -0.2) is 36.3 Å². The van der Waals surface area contributed by atoms with Crippen molar-refractivity contribution in [3.05, 3.63) is 59.7 Å². The summed E-state index contributed by atoms with van der Waals surface area (Å²) in [5.74, 6) is -1.64. The number of carbonyl (C=O) groups is 1. The fourth-order valence-electron chi connectivity index (χ4n) is 3.18. The molecule has 1 saturated heterocycles. The van der Waals surface area contributed by atoms with Gasteiger partial charge in [0, 0.05) is 36.3 Å². The summed E-state index contributed by atoms with van der Waals surface area (Å²) in [5.41, 5.74) is 1.53. The minimum Gasteiger partial charge on any atom is -0.335 e. The molecule has 2 aromatic rings. The van der Waals surface area contributed by atoms with Crippen LogP contribution in [0.15, 0.2) is 47.4 Å². The third kappa shape index (κ3) is 5.68. The number of hydrogen-bond donors (Lipinski definition) is 2. The van der Waals surface area contributed by atoms with E-state index in [4.69, 9.17) is 0 Å². The van der Waals surface area contributed by atoms with E-state index in [1.54, 1.807) is 17.8 Å². The average Bonchev–Trinajstić information content (AvgIpc) is 2.66. The van der Waals surface area contributed by atoms with Crippen LogP contribution in [0, 0.1) is 11.6 Å². The number of anilines is 1. The number of rotatable bonds is 5. The monoisotopic (exact) mass is 391 g/mol. The second-order valence-electron chi connectivity index (χ2n) is 6.63. The molecule has 2 N–H and O–H groups in total. The van der Waals surface area contributed by atoms with E-state index in [1.807, 2.05) is 30.5 Å². The van der Waals surface area contributed by atoms with E-state index >= 15 is 0 Å². The SMILES string of the molecule is CSc1cccc(NC(=O)NC2CCN(Cc3ccc(F)c(F)c3)CC2)c1. The Morgan fingerprint density at radius 1 is 1.15 bits per heavy atom. The van der Waals surface area contributed by atoms with E-state index in [1.165, 1.54) is 6.07 Å². The lowest BCUT2D eigenvalue weighted by Crippen LogP contribution is -2.45. The number of amides is 2. The molecule has 0 aromatic heterocycles. The van der Waals surface area contributed by atoms with Gasteiger partial charge >= 0.3 is 6.03 Å². The fourth-order valence-corrected chi connectivity index (χ4v) is 3.64. The number of likely N-dealkylation sites (tertiary alicyclic amines) is 1. The Kier molecular flexibility index (Phi) is 6.68. The molecular weight excluding hydrogens is 368 g/mol. The summed E-state index contributed by atoms with van der Waals surface area (Å²) in [6, 6.07) is 11.6. The Morgan fingerprint density at radius 2 is 1.93 bits per heavy atom. The van der Waals surface area contributed by atoms with E-state index in [0.717, 1.165) is 48.1 Å². The Bertz CT molecular complexity index is 795. The first-order chi connectivity index (χ1) is 13.0. The first-order valence-corrected chi connectivity index (χ1v) is 10.1. The predicted molar refractivity (Wildman–Crippen MR) is 105 cm³/mol. The van der Waals surface area contributed by atoms with Crippen LogP contribution >= 0.6 is 11.8 Å². The van der Waals surface area contributed by atoms with Crippen molar-refractivity contribution in [3.8, 4) is 0 Å². The summed E-state index contributed by atoms with van der Waals surface area (Å²) in [5, 5.41) is 5.89. The normalized spacial score (nSPS) is 15.5. The van der Waals surface area contributed by atoms with Crippen LogP contribution in [-0.2, 0) is 6.54 Å². The van der Waals surface area contributed by atoms with Gasteiger partial charge in [-0.1, -0.05) is 12.1 Å². The summed E-state index contributed by atoms with van der Waals surface area (Å²) in [4.78, 5) is 15.5. The van der Waals surface area contributed by atoms with Crippen LogP contribution in [0.1, 0.15) is 18.4 Å². The number of urea groups is 1. The summed E-state index contributed by atoms with van der Waals surface area (Å²) < 4.78 is 26.3. The smallest absolute Gasteiger partial charge is 0.319 e. The van der Waals surface area contributed by atoms with Gasteiger partial charge in [-0.3, -0.25) is 4.90 Å². The molecule has 144 valence electrons. The van der Waals surface area contributed by atoms with Crippen LogP contribution in [0.3, 0.4) is 0 Å². The van der Waals surface area contributed by atoms with Crippen molar-refractivity contribution in [2.24, 2.45) is 0 Å². The number of carbonyl (C=O) groups excluding carboxylic acids is 1. The first-order valence-electron chi connectivity index (χ1n) is 8.91. The highest BCUT2D eigenvalue weighted by Crippen LogP contribution is 2.19. The summed E-state index contributed by atoms with van der Waals surface area (Å²) in [6.07, 6.45) is 3.64. The molecule has 1 aliphatic heterocycles. The van der Waals surface area contributed by atoms with E-state index in [-0.39, 0.29) is 12.1 Å². The quantitative estimate of drug-likeness (QED) is 0.739. The van der Waals surface area contributed by atoms with Gasteiger partial charge in [0.1, 0.15) is 0 Å². The van der Waals surface area contributed by atoms with Gasteiger partial charge < -0.3 is 10.6 Å². The van der Waals surface area contributed by atoms with Gasteiger partial charge in [0.2, 0.25) is 0 Å². The van der Waals surface area contributed by atoms with Crippen LogP contribution in [0.5, 0.6) is 0 Å². The maximum Gasteiger partial charge on any atom is 0.319 e. The van der Waals surface area contributed by atoms with Gasteiger partial charge in [-0.05, 0) is 55.0 Å². The number of nitrogens with zero attached hydrogens (tertiary/aromatic N) is 1. The van der Waals surface area contributed by atoms with Gasteiger partial charge in [-0.15, -0.1) is 11.8 Å². The van der Waals surface area contributed by atoms with Crippen molar-refractivity contribution >= 4 is 23.5 Å². The second-order valence-corrected chi connectivity index (χ2v) is 7.51. The number of hydrogen-bond acceptors (Lipinski definition) is 3. The zero-order valence-corrected chi connectivity index (χ0v) is 16.0. The highest BCUT2D eigenvalue weighted by Gasteiger charge is 2.21. The van der Waals surface area contributed by atoms with Gasteiger partial charge in [0.15, 0.2) is 11.6 Å². The average molecular weight is 391 g/mol. The molecule has 0 saturated carbocycles. The predicted octanol–water partition coefficient (Wildman–Crippen LogP) is 4.47. The molecule has 0 bridgehead atoms. The summed E-state index contributed by atoms with van der Waals surface area (Å²) >= 11 is 1.63. The minimum absolute atomic E-state index is 0.106. The molecule has 2 aromatic carbocycles. The molecule has 7 heteroatoms. The molecule has 0 unspecified atom stereocenters. The largest absolute Gasteiger partial charge is 0.335 e. The molecule has 0 atom stereocenters. The molecule has 4 nitrogen and oxygen atoms in total. The van der Waals surface area contributed by atoms with Crippen molar-refractivity contribution < 1.29 is 13.6 Å². The first kappa shape index (κ1) is 19.6. The standard InChI is InChI=1S/C20H23F2N3OS/c1-27-17-4-2-3-16(12-17)24-20(26)23-15-7-9-25(10-8-15)13-14-5-6-18(21)19(22)11-14/h2-6,11-12,15H,7-10,13H2,1H3,(H2,23,24,26). The van der Waals surface area contributed by atoms with E-state index < -0.39 is 11.6 Å². The lowest BCUT2D eigenvalue weighted by molar-refractivity contribution is 0.189. The molecule has 1 fully saturated rings. The molecule has 3 rings (SSSR count). The van der Waals surface area contributed by atoms with Crippen LogP contribution in [0.2, 0.25) is 0 Å². The Morgan fingerprint density at radius 3 is 2.63 bits per heavy atom. The van der Waals surface area contributed by atoms with Crippen LogP contribution in [0.4, 0.5) is 19.3 Å². The summed E-state index contributed by atoms with van der Waals surface area (Å²) in [7, 11) is 0. The zero-order chi connectivity index (χ0) is 19.2. The molecule has 0 spiro atoms. The number of halogens is 2. The van der Waals surface area contributed by atoms with E-state index in [0.29, 0.717) is 6.54 Å². The number of piperidine rings is 1. The zero-order valence-electron chi connectivity index (χ0n) is 15.2. The number of nitrogens with one attached hydrogen (secondary N) is 2. The van der Waals surface area contributed by atoms with Crippen molar-refractivity contribution in [3.63, 3.8) is 0 Å². The number of benzene rings is 2. The summed E-state index contributed by atoms with van der Waals surface area (Å²) in [6.45, 7) is 2.18. The van der Waals surface area contributed by atoms with E-state index in [2.05, 4.69) is 15.5 Å². The lowest BCUT2D eigenvalue weighted by atomic mass is 10.0. The van der Waals surface area contributed by atoms with Crippen LogP contribution < -0.4 is 10.6 Å². The van der Waals surface area contributed by atoms with Gasteiger partial charge in [0.25, 0.3) is 0 Å². The number of thioether (sulfide) groups is 1. The second kappa shape index (κ2) is 9.19. The highest BCUT2D eigenvalue weighted by molar-refractivity contribution is 7.98. The molecule has 27 heavy (non-hydrogen) atoms. The van der Waals surface area contributed by atoms with Crippen molar-refractivity contribution in [1.82, 2.24) is 10.2 Å². The highest BCUT2D eigenvalue weighted by atomic mass is 32.2. The van der Waals surface area contributed by atoms with E-state index in [9.17, 15) is 13.6 Å². The maximum absolute atomic E-state index is 13.3. The lowest BCUT2D eigenvalue weighted by Gasteiger charge is -2.32. The fraction of sp³-hybridized carbons (Fsp3) is 0.350. The Hall–Kier alpha value is -2.12. The molecule has 0 radical (unpaired) electrons. The Labute approximate surface area is 162 Å². The maximum atomic E-state index is 13.3. The molecule has 2 amide bonds. The van der Waals surface area contributed by atoms with Gasteiger partial charge in [-0.2, -0.15) is 0 Å². The Balaban J connectivity index is 1.44. The molecule has 1 aliphatic rings.